The second-order valence-electron chi connectivity index (χ2n) is 10.7. The van der Waals surface area contributed by atoms with E-state index < -0.39 is 17.7 Å². The Balaban J connectivity index is 1.72. The van der Waals surface area contributed by atoms with Crippen molar-refractivity contribution in [2.24, 2.45) is 0 Å². The number of aliphatic hydroxyl groups excluding tert-OH is 1. The third kappa shape index (κ3) is 4.52. The molecule has 1 aliphatic rings. The van der Waals surface area contributed by atoms with Gasteiger partial charge >= 0.3 is 5.91 Å². The number of benzene rings is 3. The number of hydrogen-bond acceptors (Lipinski definition) is 6. The van der Waals surface area contributed by atoms with Crippen LogP contribution >= 0.6 is 0 Å². The summed E-state index contributed by atoms with van der Waals surface area (Å²) in [6, 6.07) is 17.4. The van der Waals surface area contributed by atoms with E-state index in [2.05, 4.69) is 30.7 Å². The van der Waals surface area contributed by atoms with Crippen LogP contribution < -0.4 is 14.4 Å². The number of aromatic amines is 1. The molecule has 0 radical (unpaired) electrons. The number of anilines is 1. The molecule has 1 aliphatic heterocycles. The zero-order chi connectivity index (χ0) is 28.1. The highest BCUT2D eigenvalue weighted by Gasteiger charge is 2.48. The Hall–Kier alpha value is -4.59. The molecule has 1 saturated heterocycles. The summed E-state index contributed by atoms with van der Waals surface area (Å²) in [5, 5.41) is 11.5. The number of Topliss-reactive ketones (excluding diaryl/α,β-unsaturated/α-hetero) is 1. The van der Waals surface area contributed by atoms with E-state index in [1.807, 2.05) is 49.4 Å². The average molecular weight is 526 g/mol. The molecule has 1 aromatic heterocycles. The first-order valence-corrected chi connectivity index (χ1v) is 12.6. The van der Waals surface area contributed by atoms with E-state index in [-0.39, 0.29) is 22.7 Å². The van der Waals surface area contributed by atoms with Crippen LogP contribution in [0.4, 0.5) is 5.95 Å². The van der Waals surface area contributed by atoms with Crippen LogP contribution in [0.2, 0.25) is 0 Å². The number of nitrogens with zero attached hydrogens (tertiary/aromatic N) is 2. The molecule has 1 unspecified atom stereocenters. The van der Waals surface area contributed by atoms with E-state index in [1.54, 1.807) is 18.2 Å². The third-order valence-corrected chi connectivity index (χ3v) is 7.05. The molecule has 2 N–H and O–H groups in total. The molecule has 3 aromatic carbocycles. The Morgan fingerprint density at radius 1 is 0.949 bits per heavy atom. The van der Waals surface area contributed by atoms with Gasteiger partial charge in [0, 0.05) is 5.56 Å². The smallest absolute Gasteiger partial charge is 0.302 e. The van der Waals surface area contributed by atoms with Gasteiger partial charge in [0.1, 0.15) is 5.76 Å². The average Bonchev–Trinajstić information content (AvgIpc) is 3.44. The maximum Gasteiger partial charge on any atom is 0.302 e. The molecule has 1 atom stereocenters. The fourth-order valence-corrected chi connectivity index (χ4v) is 4.89. The Bertz CT molecular complexity index is 1630. The van der Waals surface area contributed by atoms with E-state index in [9.17, 15) is 14.7 Å². The number of aryl methyl sites for hydroxylation is 1. The van der Waals surface area contributed by atoms with Gasteiger partial charge in [-0.15, -0.1) is 0 Å². The molecule has 0 aliphatic carbocycles. The number of imidazole rings is 1. The van der Waals surface area contributed by atoms with Crippen molar-refractivity contribution in [3.05, 3.63) is 88.5 Å². The van der Waals surface area contributed by atoms with Crippen molar-refractivity contribution >= 4 is 34.4 Å². The lowest BCUT2D eigenvalue weighted by atomic mass is 9.85. The van der Waals surface area contributed by atoms with Crippen molar-refractivity contribution in [1.29, 1.82) is 0 Å². The summed E-state index contributed by atoms with van der Waals surface area (Å²) in [6.45, 7) is 8.30. The van der Waals surface area contributed by atoms with E-state index in [1.165, 1.54) is 19.1 Å². The molecule has 1 fully saturated rings. The quantitative estimate of drug-likeness (QED) is 0.194. The minimum absolute atomic E-state index is 0.0348. The molecule has 5 rings (SSSR count). The van der Waals surface area contributed by atoms with Crippen molar-refractivity contribution in [3.8, 4) is 11.5 Å². The predicted molar refractivity (Wildman–Crippen MR) is 150 cm³/mol. The van der Waals surface area contributed by atoms with Crippen LogP contribution in [0.5, 0.6) is 11.5 Å². The van der Waals surface area contributed by atoms with Crippen LogP contribution in [0.15, 0.2) is 66.2 Å². The number of ether oxygens (including phenoxy) is 2. The highest BCUT2D eigenvalue weighted by Crippen LogP contribution is 2.43. The fraction of sp³-hybridized carbons (Fsp3) is 0.258. The monoisotopic (exact) mass is 525 g/mol. The molecule has 200 valence electrons. The number of carbonyl (C=O) groups is 2. The Morgan fingerprint density at radius 3 is 2.28 bits per heavy atom. The largest absolute Gasteiger partial charge is 0.507 e. The van der Waals surface area contributed by atoms with Crippen LogP contribution in [-0.4, -0.2) is 41.0 Å². The van der Waals surface area contributed by atoms with Crippen LogP contribution in [0.25, 0.3) is 16.8 Å². The number of carbonyl (C=O) groups excluding carboxylic acids is 2. The molecular weight excluding hydrogens is 494 g/mol. The fourth-order valence-electron chi connectivity index (χ4n) is 4.89. The second kappa shape index (κ2) is 9.62. The number of ketones is 1. The van der Waals surface area contributed by atoms with Gasteiger partial charge < -0.3 is 19.6 Å². The summed E-state index contributed by atoms with van der Waals surface area (Å²) in [5.41, 5.74) is 4.41. The summed E-state index contributed by atoms with van der Waals surface area (Å²) < 4.78 is 10.7. The van der Waals surface area contributed by atoms with E-state index in [0.717, 1.165) is 16.6 Å². The third-order valence-electron chi connectivity index (χ3n) is 7.05. The van der Waals surface area contributed by atoms with Crippen LogP contribution in [0, 0.1) is 6.92 Å². The van der Waals surface area contributed by atoms with Crippen molar-refractivity contribution in [2.75, 3.05) is 19.1 Å². The van der Waals surface area contributed by atoms with Crippen molar-refractivity contribution < 1.29 is 24.2 Å². The molecule has 0 saturated carbocycles. The maximum atomic E-state index is 13.6. The minimum Gasteiger partial charge on any atom is -0.507 e. The SMILES string of the molecule is COc1ccc(/C(O)=C2\C(=O)C(=O)N(c3nc4ccc(C)cc4[nH]3)C2c2ccc(C(C)(C)C)cc2)cc1OC. The molecule has 39 heavy (non-hydrogen) atoms. The van der Waals surface area contributed by atoms with Crippen LogP contribution in [0.1, 0.15) is 49.1 Å². The zero-order valence-corrected chi connectivity index (χ0v) is 22.8. The van der Waals surface area contributed by atoms with Gasteiger partial charge in [-0.3, -0.25) is 14.5 Å². The number of H-pyrrole nitrogens is 1. The predicted octanol–water partition coefficient (Wildman–Crippen LogP) is 5.81. The van der Waals surface area contributed by atoms with Crippen LogP contribution in [0.3, 0.4) is 0 Å². The Kier molecular flexibility index (Phi) is 6.42. The summed E-state index contributed by atoms with van der Waals surface area (Å²) in [5.74, 6) is -0.806. The van der Waals surface area contributed by atoms with Gasteiger partial charge in [0.2, 0.25) is 5.95 Å². The number of amides is 1. The van der Waals surface area contributed by atoms with Crippen molar-refractivity contribution in [3.63, 3.8) is 0 Å². The highest BCUT2D eigenvalue weighted by atomic mass is 16.5. The first-order valence-electron chi connectivity index (χ1n) is 12.6. The maximum absolute atomic E-state index is 13.6. The molecule has 4 aromatic rings. The van der Waals surface area contributed by atoms with Crippen LogP contribution in [-0.2, 0) is 15.0 Å². The molecule has 0 spiro atoms. The Morgan fingerprint density at radius 2 is 1.64 bits per heavy atom. The Labute approximate surface area is 226 Å². The normalized spacial score (nSPS) is 17.2. The van der Waals surface area contributed by atoms with Gasteiger partial charge in [-0.25, -0.2) is 4.98 Å². The first kappa shape index (κ1) is 26.0. The zero-order valence-electron chi connectivity index (χ0n) is 22.8. The number of nitrogens with one attached hydrogen (secondary N) is 1. The minimum atomic E-state index is -0.909. The summed E-state index contributed by atoms with van der Waals surface area (Å²) in [7, 11) is 3.00. The standard InChI is InChI=1S/C31H31N3O5/c1-17-7-13-21-22(15-17)33-30(32-21)34-26(18-8-11-20(12-9-18)31(2,3)4)25(28(36)29(34)37)27(35)19-10-14-23(38-5)24(16-19)39-6/h7-16,26,35H,1-6H3,(H,32,33)/b27-25+. The molecule has 0 bridgehead atoms. The van der Waals surface area contributed by atoms with E-state index in [4.69, 9.17) is 9.47 Å². The number of fused-ring (bicyclic) bond motifs is 1. The van der Waals surface area contributed by atoms with Gasteiger partial charge in [0.15, 0.2) is 11.5 Å². The topological polar surface area (TPSA) is 105 Å². The lowest BCUT2D eigenvalue weighted by molar-refractivity contribution is -0.132. The van der Waals surface area contributed by atoms with Gasteiger partial charge in [0.05, 0.1) is 36.9 Å². The summed E-state index contributed by atoms with van der Waals surface area (Å²) >= 11 is 0. The summed E-state index contributed by atoms with van der Waals surface area (Å²) in [6.07, 6.45) is 0. The number of aliphatic hydroxyl groups is 1. The number of methoxy groups -OCH3 is 2. The molecule has 8 nitrogen and oxygen atoms in total. The molecule has 8 heteroatoms. The number of rotatable bonds is 5. The lowest BCUT2D eigenvalue weighted by Gasteiger charge is -2.25. The number of aromatic nitrogens is 2. The number of hydrogen-bond donors (Lipinski definition) is 2. The van der Waals surface area contributed by atoms with Gasteiger partial charge in [-0.2, -0.15) is 0 Å². The van der Waals surface area contributed by atoms with Gasteiger partial charge in [-0.1, -0.05) is 51.1 Å². The lowest BCUT2D eigenvalue weighted by Crippen LogP contribution is -2.30. The van der Waals surface area contributed by atoms with E-state index in [0.29, 0.717) is 28.1 Å². The van der Waals surface area contributed by atoms with Gasteiger partial charge in [0.25, 0.3) is 5.78 Å². The van der Waals surface area contributed by atoms with Gasteiger partial charge in [-0.05, 0) is 59.4 Å². The highest BCUT2D eigenvalue weighted by molar-refractivity contribution is 6.51. The van der Waals surface area contributed by atoms with Crippen molar-refractivity contribution in [1.82, 2.24) is 9.97 Å². The molecule has 1 amide bonds. The van der Waals surface area contributed by atoms with E-state index >= 15 is 0 Å². The molecule has 2 heterocycles. The second-order valence-corrected chi connectivity index (χ2v) is 10.7. The first-order chi connectivity index (χ1) is 18.5. The van der Waals surface area contributed by atoms with Crippen molar-refractivity contribution in [2.45, 2.75) is 39.2 Å². The summed E-state index contributed by atoms with van der Waals surface area (Å²) in [4.78, 5) is 36.3. The molecular formula is C31H31N3O5.